The molecule has 0 N–H and O–H groups in total. The van der Waals surface area contributed by atoms with Crippen LogP contribution in [-0.4, -0.2) is 43.5 Å². The number of nitrogens with zero attached hydrogens (tertiary/aromatic N) is 1. The van der Waals surface area contributed by atoms with Crippen LogP contribution < -0.4 is 4.48 Å². The molecule has 0 atom stereocenters. The van der Waals surface area contributed by atoms with Gasteiger partial charge < -0.3 is 0 Å². The predicted octanol–water partition coefficient (Wildman–Crippen LogP) is 1.15. The number of alkyl halides is 1. The Hall–Kier alpha value is 0.459. The summed E-state index contributed by atoms with van der Waals surface area (Å²) in [6, 6.07) is 10.5. The van der Waals surface area contributed by atoms with Gasteiger partial charge in [-0.2, -0.15) is 0 Å². The van der Waals surface area contributed by atoms with Crippen molar-refractivity contribution in [2.24, 2.45) is 0 Å². The molecule has 0 saturated heterocycles. The number of benzene rings is 1. The molecule has 0 aliphatic heterocycles. The van der Waals surface area contributed by atoms with Crippen LogP contribution >= 0.6 is 15.9 Å². The van der Waals surface area contributed by atoms with Crippen molar-refractivity contribution in [1.29, 1.82) is 0 Å². The van der Waals surface area contributed by atoms with Gasteiger partial charge in [0.15, 0.2) is 0 Å². The van der Waals surface area contributed by atoms with Gasteiger partial charge in [0.2, 0.25) is 0 Å². The molecule has 0 spiro atoms. The van der Waals surface area contributed by atoms with Crippen LogP contribution in [-0.2, 0) is 0 Å². The first-order valence-corrected chi connectivity index (χ1v) is 4.73. The molecule has 0 aliphatic rings. The van der Waals surface area contributed by atoms with E-state index < -0.39 is 0 Å². The maximum absolute atomic E-state index is 3.48. The van der Waals surface area contributed by atoms with Gasteiger partial charge in [-0.15, -0.1) is 0 Å². The van der Waals surface area contributed by atoms with Crippen LogP contribution in [0.4, 0.5) is 5.69 Å². The Morgan fingerprint density at radius 3 is 2.08 bits per heavy atom. The molecule has 0 radical (unpaired) electrons. The van der Waals surface area contributed by atoms with Gasteiger partial charge in [0.25, 0.3) is 0 Å². The fourth-order valence-electron chi connectivity index (χ4n) is 0.901. The molecular formula is C9H17BrNSn+. The van der Waals surface area contributed by atoms with Crippen molar-refractivity contribution in [3.05, 3.63) is 30.3 Å². The predicted molar refractivity (Wildman–Crippen MR) is 65.2 cm³/mol. The molecule has 12 heavy (non-hydrogen) atoms. The standard InChI is InChI=1S/C9H13BrN.Sn.4H/c1-11(2,8-10)9-6-4-3-5-7-9;;;;;/h3-7H,8H2,1-2H3;;;;;/q+1;;;;;. The number of para-hydroxylation sites is 1. The molecule has 0 bridgehead atoms. The van der Waals surface area contributed by atoms with Crippen LogP contribution in [0.5, 0.6) is 0 Å². The molecule has 0 aliphatic carbocycles. The number of hydrogen-bond donors (Lipinski definition) is 0. The van der Waals surface area contributed by atoms with Gasteiger partial charge in [-0.05, 0) is 28.1 Å². The molecule has 0 unspecified atom stereocenters. The Labute approximate surface area is 99.4 Å². The Bertz CT molecular complexity index is 223. The first-order valence-electron chi connectivity index (χ1n) is 3.61. The zero-order valence-corrected chi connectivity index (χ0v) is 8.51. The van der Waals surface area contributed by atoms with Crippen molar-refractivity contribution in [1.82, 2.24) is 4.48 Å². The van der Waals surface area contributed by atoms with E-state index in [1.807, 2.05) is 6.07 Å². The van der Waals surface area contributed by atoms with E-state index in [2.05, 4.69) is 54.3 Å². The van der Waals surface area contributed by atoms with Crippen molar-refractivity contribution in [3.8, 4) is 0 Å². The molecule has 1 aromatic rings. The molecule has 0 amide bonds. The van der Waals surface area contributed by atoms with Crippen molar-refractivity contribution >= 4 is 45.5 Å². The monoisotopic (exact) mass is 338 g/mol. The van der Waals surface area contributed by atoms with Crippen LogP contribution in [0.3, 0.4) is 0 Å². The van der Waals surface area contributed by atoms with E-state index in [0.29, 0.717) is 0 Å². The van der Waals surface area contributed by atoms with Crippen LogP contribution in [0.2, 0.25) is 0 Å². The normalized spacial score (nSPS) is 10.6. The van der Waals surface area contributed by atoms with Gasteiger partial charge >= 0.3 is 23.9 Å². The van der Waals surface area contributed by atoms with Crippen LogP contribution in [0, 0.1) is 0 Å². The minimum absolute atomic E-state index is 0. The Kier molecular flexibility index (Phi) is 5.45. The molecule has 0 saturated carbocycles. The summed E-state index contributed by atoms with van der Waals surface area (Å²) < 4.78 is 0.876. The summed E-state index contributed by atoms with van der Waals surface area (Å²) in [6.45, 7) is 0. The second kappa shape index (κ2) is 5.24. The topological polar surface area (TPSA) is 0 Å². The molecule has 0 heterocycles. The molecule has 1 nitrogen and oxygen atoms in total. The van der Waals surface area contributed by atoms with Gasteiger partial charge in [0.05, 0.1) is 14.1 Å². The summed E-state index contributed by atoms with van der Waals surface area (Å²) >= 11 is 3.48. The van der Waals surface area contributed by atoms with E-state index in [9.17, 15) is 0 Å². The third kappa shape index (κ3) is 3.07. The Balaban J connectivity index is 0.00000121. The number of hydrogen-bond acceptors (Lipinski definition) is 0. The molecule has 3 heteroatoms. The van der Waals surface area contributed by atoms with E-state index >= 15 is 0 Å². The fraction of sp³-hybridized carbons (Fsp3) is 0.333. The van der Waals surface area contributed by atoms with Crippen molar-refractivity contribution in [3.63, 3.8) is 0 Å². The average molecular weight is 338 g/mol. The summed E-state index contributed by atoms with van der Waals surface area (Å²) in [5, 5.41) is 0. The van der Waals surface area contributed by atoms with Crippen molar-refractivity contribution in [2.45, 2.75) is 0 Å². The fourth-order valence-corrected chi connectivity index (χ4v) is 1.19. The van der Waals surface area contributed by atoms with E-state index in [0.717, 1.165) is 9.94 Å². The average Bonchev–Trinajstić information content (AvgIpc) is 2.06. The Morgan fingerprint density at radius 1 is 1.17 bits per heavy atom. The quantitative estimate of drug-likeness (QED) is 0.329. The summed E-state index contributed by atoms with van der Waals surface area (Å²) in [7, 11) is 4.34. The zero-order valence-electron chi connectivity index (χ0n) is 6.92. The molecule has 68 valence electrons. The second-order valence-electron chi connectivity index (χ2n) is 3.14. The maximum atomic E-state index is 3.48. The van der Waals surface area contributed by atoms with Gasteiger partial charge in [-0.1, -0.05) is 18.2 Å². The third-order valence-corrected chi connectivity index (χ3v) is 3.01. The van der Waals surface area contributed by atoms with Gasteiger partial charge in [0.1, 0.15) is 11.1 Å². The molecule has 1 aromatic carbocycles. The number of rotatable bonds is 2. The number of halogens is 1. The van der Waals surface area contributed by atoms with E-state index in [1.54, 1.807) is 0 Å². The molecule has 1 rings (SSSR count). The van der Waals surface area contributed by atoms with Crippen LogP contribution in [0.25, 0.3) is 0 Å². The summed E-state index contributed by atoms with van der Waals surface area (Å²) in [6.07, 6.45) is 0. The Morgan fingerprint density at radius 2 is 1.67 bits per heavy atom. The zero-order chi connectivity index (χ0) is 8.32. The van der Waals surface area contributed by atoms with Crippen molar-refractivity contribution < 1.29 is 0 Å². The van der Waals surface area contributed by atoms with Gasteiger partial charge in [-0.3, -0.25) is 4.48 Å². The second-order valence-corrected chi connectivity index (χ2v) is 3.64. The van der Waals surface area contributed by atoms with E-state index in [1.165, 1.54) is 5.69 Å². The van der Waals surface area contributed by atoms with Gasteiger partial charge in [0, 0.05) is 0 Å². The summed E-state index contributed by atoms with van der Waals surface area (Å²) in [5.41, 5.74) is 2.26. The molecular weight excluding hydrogens is 321 g/mol. The molecule has 0 fully saturated rings. The molecule has 0 aromatic heterocycles. The number of quaternary nitrogens is 1. The first kappa shape index (κ1) is 12.5. The summed E-state index contributed by atoms with van der Waals surface area (Å²) in [5.74, 6) is 0. The van der Waals surface area contributed by atoms with E-state index in [-0.39, 0.29) is 23.9 Å². The van der Waals surface area contributed by atoms with Crippen molar-refractivity contribution in [2.75, 3.05) is 19.5 Å². The van der Waals surface area contributed by atoms with Crippen LogP contribution in [0.15, 0.2) is 30.3 Å². The van der Waals surface area contributed by atoms with E-state index in [4.69, 9.17) is 0 Å². The SMILES string of the molecule is C[N+](C)(CBr)c1ccccc1.[SnH4]. The minimum atomic E-state index is 0. The summed E-state index contributed by atoms with van der Waals surface area (Å²) in [4.78, 5) is 0. The van der Waals surface area contributed by atoms with Gasteiger partial charge in [-0.25, -0.2) is 0 Å². The first-order chi connectivity index (χ1) is 5.17. The third-order valence-electron chi connectivity index (χ3n) is 1.75. The van der Waals surface area contributed by atoms with Crippen LogP contribution in [0.1, 0.15) is 0 Å².